The number of rotatable bonds is 12. The van der Waals surface area contributed by atoms with Crippen molar-refractivity contribution >= 4 is 0 Å². The van der Waals surface area contributed by atoms with Crippen molar-refractivity contribution in [2.75, 3.05) is 0 Å². The number of allylic oxidation sites excluding steroid dienone is 3. The molecule has 1 unspecified atom stereocenters. The lowest BCUT2D eigenvalue weighted by Crippen LogP contribution is -2.20. The maximum Gasteiger partial charge on any atom is -0.0260 e. The Morgan fingerprint density at radius 3 is 2.17 bits per heavy atom. The van der Waals surface area contributed by atoms with Crippen molar-refractivity contribution in [2.24, 2.45) is 5.41 Å². The second-order valence-corrected chi connectivity index (χ2v) is 5.66. The molecule has 0 bridgehead atoms. The van der Waals surface area contributed by atoms with E-state index in [-0.39, 0.29) is 0 Å². The predicted molar refractivity (Wildman–Crippen MR) is 85.0 cm³/mol. The van der Waals surface area contributed by atoms with Crippen LogP contribution in [0.5, 0.6) is 0 Å². The second-order valence-electron chi connectivity index (χ2n) is 5.66. The van der Waals surface area contributed by atoms with Crippen molar-refractivity contribution in [3.63, 3.8) is 0 Å². The fourth-order valence-corrected chi connectivity index (χ4v) is 2.76. The van der Waals surface area contributed by atoms with Gasteiger partial charge in [0.15, 0.2) is 0 Å². The molecule has 0 saturated carbocycles. The summed E-state index contributed by atoms with van der Waals surface area (Å²) < 4.78 is 0. The Morgan fingerprint density at radius 2 is 1.61 bits per heavy atom. The number of unbranched alkanes of at least 4 members (excludes halogenated alkanes) is 3. The Morgan fingerprint density at radius 1 is 0.944 bits per heavy atom. The van der Waals surface area contributed by atoms with Crippen LogP contribution in [0.3, 0.4) is 0 Å². The van der Waals surface area contributed by atoms with Gasteiger partial charge in [0.2, 0.25) is 0 Å². The second kappa shape index (κ2) is 11.6. The van der Waals surface area contributed by atoms with Crippen LogP contribution in [0.2, 0.25) is 0 Å². The summed E-state index contributed by atoms with van der Waals surface area (Å²) in [5.74, 6) is 0. The lowest BCUT2D eigenvalue weighted by atomic mass is 9.72. The van der Waals surface area contributed by atoms with Gasteiger partial charge in [0.05, 0.1) is 0 Å². The molecular weight excluding hydrogens is 216 g/mol. The zero-order valence-electron chi connectivity index (χ0n) is 13.0. The maximum atomic E-state index is 3.90. The third kappa shape index (κ3) is 7.74. The smallest absolute Gasteiger partial charge is 0.0260 e. The van der Waals surface area contributed by atoms with Gasteiger partial charge in [-0.2, -0.15) is 0 Å². The van der Waals surface area contributed by atoms with Crippen molar-refractivity contribution in [3.8, 4) is 0 Å². The van der Waals surface area contributed by atoms with Gasteiger partial charge >= 0.3 is 0 Å². The van der Waals surface area contributed by atoms with Crippen LogP contribution < -0.4 is 0 Å². The molecule has 0 heterocycles. The van der Waals surface area contributed by atoms with Crippen molar-refractivity contribution < 1.29 is 0 Å². The fraction of sp³-hybridized carbons (Fsp3) is 0.778. The fourth-order valence-electron chi connectivity index (χ4n) is 2.76. The maximum absolute atomic E-state index is 3.90. The van der Waals surface area contributed by atoms with Crippen molar-refractivity contribution in [1.82, 2.24) is 0 Å². The highest BCUT2D eigenvalue weighted by Gasteiger charge is 2.26. The molecule has 0 N–H and O–H groups in total. The van der Waals surface area contributed by atoms with Crippen LogP contribution in [-0.2, 0) is 0 Å². The summed E-state index contributed by atoms with van der Waals surface area (Å²) in [6.07, 6.45) is 20.1. The van der Waals surface area contributed by atoms with Gasteiger partial charge in [0, 0.05) is 0 Å². The molecule has 106 valence electrons. The average Bonchev–Trinajstić information content (AvgIpc) is 2.40. The largest absolute Gasteiger partial charge is 0.103 e. The molecular formula is C18H34. The molecule has 0 aromatic heterocycles. The van der Waals surface area contributed by atoms with E-state index < -0.39 is 0 Å². The Labute approximate surface area is 116 Å². The molecule has 1 atom stereocenters. The molecule has 0 spiro atoms. The molecule has 0 heteroatoms. The highest BCUT2D eigenvalue weighted by atomic mass is 14.3. The van der Waals surface area contributed by atoms with Crippen molar-refractivity contribution in [2.45, 2.75) is 85.0 Å². The Balaban J connectivity index is 4.55. The Kier molecular flexibility index (Phi) is 11.2. The van der Waals surface area contributed by atoms with Gasteiger partial charge in [-0.3, -0.25) is 0 Å². The van der Waals surface area contributed by atoms with E-state index in [0.717, 1.165) is 0 Å². The van der Waals surface area contributed by atoms with Gasteiger partial charge < -0.3 is 0 Å². The Bertz CT molecular complexity index is 214. The van der Waals surface area contributed by atoms with Crippen molar-refractivity contribution in [3.05, 3.63) is 24.8 Å². The minimum atomic E-state index is 0.547. The first-order valence-corrected chi connectivity index (χ1v) is 7.96. The first-order chi connectivity index (χ1) is 8.74. The summed E-state index contributed by atoms with van der Waals surface area (Å²) in [7, 11) is 0. The molecule has 0 fully saturated rings. The van der Waals surface area contributed by atoms with Gasteiger partial charge in [-0.25, -0.2) is 0 Å². The molecule has 0 aromatic rings. The van der Waals surface area contributed by atoms with Gasteiger partial charge in [0.1, 0.15) is 0 Å². The predicted octanol–water partition coefficient (Wildman–Crippen LogP) is 6.68. The van der Waals surface area contributed by atoms with E-state index in [1.807, 2.05) is 0 Å². The van der Waals surface area contributed by atoms with Gasteiger partial charge in [0.25, 0.3) is 0 Å². The lowest BCUT2D eigenvalue weighted by molar-refractivity contribution is 0.208. The normalized spacial score (nSPS) is 14.8. The standard InChI is InChI=1S/C18H34/c1-5-9-13-17-18(14-10-6-2,15-11-7-3)16-12-8-4/h6-7,11H,2,5,8-10,12-17H2,1,3-4H3. The van der Waals surface area contributed by atoms with Crippen LogP contribution >= 0.6 is 0 Å². The number of hydrogen-bond acceptors (Lipinski definition) is 0. The monoisotopic (exact) mass is 250 g/mol. The third-order valence-electron chi connectivity index (χ3n) is 4.04. The molecule has 0 aliphatic heterocycles. The van der Waals surface area contributed by atoms with Crippen LogP contribution in [0, 0.1) is 5.41 Å². The highest BCUT2D eigenvalue weighted by Crippen LogP contribution is 2.40. The zero-order chi connectivity index (χ0) is 13.7. The molecule has 0 radical (unpaired) electrons. The van der Waals surface area contributed by atoms with Crippen LogP contribution in [0.1, 0.15) is 85.0 Å². The van der Waals surface area contributed by atoms with E-state index in [4.69, 9.17) is 0 Å². The van der Waals surface area contributed by atoms with E-state index in [1.165, 1.54) is 64.2 Å². The van der Waals surface area contributed by atoms with E-state index in [1.54, 1.807) is 0 Å². The quantitative estimate of drug-likeness (QED) is 0.268. The van der Waals surface area contributed by atoms with E-state index in [9.17, 15) is 0 Å². The average molecular weight is 250 g/mol. The summed E-state index contributed by atoms with van der Waals surface area (Å²) in [5, 5.41) is 0. The minimum absolute atomic E-state index is 0.547. The summed E-state index contributed by atoms with van der Waals surface area (Å²) >= 11 is 0. The molecule has 18 heavy (non-hydrogen) atoms. The molecule has 0 nitrogen and oxygen atoms in total. The van der Waals surface area contributed by atoms with E-state index in [2.05, 4.69) is 45.6 Å². The summed E-state index contributed by atoms with van der Waals surface area (Å²) in [5.41, 5.74) is 0.547. The van der Waals surface area contributed by atoms with Crippen LogP contribution in [0.25, 0.3) is 0 Å². The van der Waals surface area contributed by atoms with Gasteiger partial charge in [-0.15, -0.1) is 6.58 Å². The van der Waals surface area contributed by atoms with Gasteiger partial charge in [-0.1, -0.05) is 64.2 Å². The van der Waals surface area contributed by atoms with E-state index in [0.29, 0.717) is 5.41 Å². The Hall–Kier alpha value is -0.520. The number of hydrogen-bond donors (Lipinski definition) is 0. The first kappa shape index (κ1) is 17.5. The van der Waals surface area contributed by atoms with Crippen LogP contribution in [0.4, 0.5) is 0 Å². The summed E-state index contributed by atoms with van der Waals surface area (Å²) in [6.45, 7) is 10.6. The molecule has 0 saturated heterocycles. The lowest BCUT2D eigenvalue weighted by Gasteiger charge is -2.33. The molecule has 0 amide bonds. The molecule has 0 aliphatic carbocycles. The minimum Gasteiger partial charge on any atom is -0.103 e. The zero-order valence-corrected chi connectivity index (χ0v) is 13.0. The van der Waals surface area contributed by atoms with E-state index >= 15 is 0 Å². The van der Waals surface area contributed by atoms with Crippen LogP contribution in [0.15, 0.2) is 24.8 Å². The SMILES string of the molecule is C=CCCC(CC=CC)(CCCC)CCCCC. The summed E-state index contributed by atoms with van der Waals surface area (Å²) in [4.78, 5) is 0. The summed E-state index contributed by atoms with van der Waals surface area (Å²) in [6, 6.07) is 0. The topological polar surface area (TPSA) is 0 Å². The highest BCUT2D eigenvalue weighted by molar-refractivity contribution is 4.91. The van der Waals surface area contributed by atoms with Gasteiger partial charge in [-0.05, 0) is 44.4 Å². The first-order valence-electron chi connectivity index (χ1n) is 7.96. The molecule has 0 aliphatic rings. The third-order valence-corrected chi connectivity index (χ3v) is 4.04. The molecule has 0 rings (SSSR count). The van der Waals surface area contributed by atoms with Crippen molar-refractivity contribution in [1.29, 1.82) is 0 Å². The van der Waals surface area contributed by atoms with Crippen LogP contribution in [-0.4, -0.2) is 0 Å². The molecule has 0 aromatic carbocycles.